The molecule has 0 amide bonds. The van der Waals surface area contributed by atoms with E-state index in [9.17, 15) is 0 Å². The Bertz CT molecular complexity index is 151. The van der Waals surface area contributed by atoms with Crippen molar-refractivity contribution in [3.63, 3.8) is 0 Å². The molecule has 0 aromatic rings. The zero-order valence-corrected chi connectivity index (χ0v) is 6.27. The number of rotatable bonds is 0. The Labute approximate surface area is 61.9 Å². The SMILES string of the molecule is C1=C2CCCN2NCCC1. The van der Waals surface area contributed by atoms with E-state index in [0.29, 0.717) is 0 Å². The lowest BCUT2D eigenvalue weighted by atomic mass is 10.2. The Kier molecular flexibility index (Phi) is 1.63. The van der Waals surface area contributed by atoms with Crippen LogP contribution in [0.25, 0.3) is 0 Å². The minimum atomic E-state index is 1.15. The zero-order valence-electron chi connectivity index (χ0n) is 6.27. The van der Waals surface area contributed by atoms with Gasteiger partial charge in [0.15, 0.2) is 0 Å². The van der Waals surface area contributed by atoms with E-state index in [1.807, 2.05) is 0 Å². The molecule has 1 fully saturated rings. The van der Waals surface area contributed by atoms with Gasteiger partial charge in [0.05, 0.1) is 0 Å². The van der Waals surface area contributed by atoms with Gasteiger partial charge in [-0.3, -0.25) is 0 Å². The van der Waals surface area contributed by atoms with Crippen LogP contribution in [0.3, 0.4) is 0 Å². The molecule has 2 nitrogen and oxygen atoms in total. The fourth-order valence-corrected chi connectivity index (χ4v) is 1.67. The number of hydrazine groups is 1. The van der Waals surface area contributed by atoms with Gasteiger partial charge in [-0.25, -0.2) is 5.43 Å². The van der Waals surface area contributed by atoms with Crippen molar-refractivity contribution in [2.24, 2.45) is 0 Å². The topological polar surface area (TPSA) is 15.3 Å². The minimum absolute atomic E-state index is 1.15. The highest BCUT2D eigenvalue weighted by Gasteiger charge is 2.16. The van der Waals surface area contributed by atoms with Crippen LogP contribution in [0.15, 0.2) is 11.8 Å². The Balaban J connectivity index is 2.10. The van der Waals surface area contributed by atoms with Crippen LogP contribution in [-0.4, -0.2) is 18.1 Å². The highest BCUT2D eigenvalue weighted by atomic mass is 15.5. The van der Waals surface area contributed by atoms with E-state index < -0.39 is 0 Å². The number of hydrogen-bond acceptors (Lipinski definition) is 2. The summed E-state index contributed by atoms with van der Waals surface area (Å²) < 4.78 is 0. The van der Waals surface area contributed by atoms with Crippen molar-refractivity contribution < 1.29 is 0 Å². The summed E-state index contributed by atoms with van der Waals surface area (Å²) in [6.45, 7) is 2.37. The summed E-state index contributed by atoms with van der Waals surface area (Å²) in [5, 5.41) is 2.31. The molecule has 0 aromatic carbocycles. The molecule has 2 heterocycles. The summed E-state index contributed by atoms with van der Waals surface area (Å²) in [6, 6.07) is 0. The van der Waals surface area contributed by atoms with E-state index >= 15 is 0 Å². The Morgan fingerprint density at radius 3 is 3.40 bits per heavy atom. The number of allylic oxidation sites excluding steroid dienone is 2. The van der Waals surface area contributed by atoms with Gasteiger partial charge in [-0.1, -0.05) is 6.08 Å². The van der Waals surface area contributed by atoms with Crippen LogP contribution in [0.5, 0.6) is 0 Å². The van der Waals surface area contributed by atoms with Gasteiger partial charge in [0, 0.05) is 18.8 Å². The average molecular weight is 138 g/mol. The fourth-order valence-electron chi connectivity index (χ4n) is 1.67. The fraction of sp³-hybridized carbons (Fsp3) is 0.750. The number of nitrogens with one attached hydrogen (secondary N) is 1. The van der Waals surface area contributed by atoms with E-state index in [2.05, 4.69) is 16.5 Å². The maximum Gasteiger partial charge on any atom is 0.0344 e. The lowest BCUT2D eigenvalue weighted by Crippen LogP contribution is -2.33. The first-order valence-electron chi connectivity index (χ1n) is 4.17. The van der Waals surface area contributed by atoms with Crippen LogP contribution in [0.1, 0.15) is 25.7 Å². The predicted molar refractivity (Wildman–Crippen MR) is 41.3 cm³/mol. The summed E-state index contributed by atoms with van der Waals surface area (Å²) in [5.74, 6) is 0. The molecule has 1 saturated heterocycles. The van der Waals surface area contributed by atoms with Crippen LogP contribution in [0.4, 0.5) is 0 Å². The van der Waals surface area contributed by atoms with Crippen molar-refractivity contribution in [1.29, 1.82) is 0 Å². The van der Waals surface area contributed by atoms with Crippen LogP contribution in [0, 0.1) is 0 Å². The molecule has 0 aromatic heterocycles. The summed E-state index contributed by atoms with van der Waals surface area (Å²) in [6.07, 6.45) is 7.55. The van der Waals surface area contributed by atoms with Crippen molar-refractivity contribution in [2.45, 2.75) is 25.7 Å². The van der Waals surface area contributed by atoms with E-state index in [0.717, 1.165) is 6.54 Å². The first kappa shape index (κ1) is 6.23. The van der Waals surface area contributed by atoms with Gasteiger partial charge in [0.25, 0.3) is 0 Å². The third-order valence-electron chi connectivity index (χ3n) is 2.22. The molecule has 0 aliphatic carbocycles. The first-order valence-corrected chi connectivity index (χ1v) is 4.17. The van der Waals surface area contributed by atoms with Crippen LogP contribution in [0.2, 0.25) is 0 Å². The highest BCUT2D eigenvalue weighted by molar-refractivity contribution is 5.05. The maximum absolute atomic E-state index is 3.41. The molecular formula is C8H14N2. The lowest BCUT2D eigenvalue weighted by molar-refractivity contribution is 0.287. The number of fused-ring (bicyclic) bond motifs is 1. The predicted octanol–water partition coefficient (Wildman–Crippen LogP) is 1.26. The van der Waals surface area contributed by atoms with E-state index in [1.165, 1.54) is 37.9 Å². The van der Waals surface area contributed by atoms with Gasteiger partial charge in [0.1, 0.15) is 0 Å². The number of nitrogens with zero attached hydrogens (tertiary/aromatic N) is 1. The van der Waals surface area contributed by atoms with Gasteiger partial charge in [0.2, 0.25) is 0 Å². The molecule has 56 valence electrons. The first-order chi connectivity index (χ1) is 4.97. The van der Waals surface area contributed by atoms with Crippen molar-refractivity contribution in [3.05, 3.63) is 11.8 Å². The second-order valence-corrected chi connectivity index (χ2v) is 3.00. The molecular weight excluding hydrogens is 124 g/mol. The molecule has 0 saturated carbocycles. The van der Waals surface area contributed by atoms with Crippen molar-refractivity contribution >= 4 is 0 Å². The standard InChI is InChI=1S/C8H14N2/c1-2-6-9-10-7-3-5-8(10)4-1/h4,9H,1-3,5-7H2. The molecule has 1 N–H and O–H groups in total. The Morgan fingerprint density at radius 2 is 2.40 bits per heavy atom. The van der Waals surface area contributed by atoms with Crippen LogP contribution < -0.4 is 5.43 Å². The third-order valence-corrected chi connectivity index (χ3v) is 2.22. The van der Waals surface area contributed by atoms with Gasteiger partial charge < -0.3 is 5.01 Å². The molecule has 0 atom stereocenters. The third kappa shape index (κ3) is 1.03. The van der Waals surface area contributed by atoms with Crippen molar-refractivity contribution in [1.82, 2.24) is 10.4 Å². The Morgan fingerprint density at radius 1 is 1.40 bits per heavy atom. The summed E-state index contributed by atoms with van der Waals surface area (Å²) in [5.41, 5.74) is 4.93. The van der Waals surface area contributed by atoms with Crippen molar-refractivity contribution in [3.8, 4) is 0 Å². The monoisotopic (exact) mass is 138 g/mol. The molecule has 10 heavy (non-hydrogen) atoms. The van der Waals surface area contributed by atoms with Crippen molar-refractivity contribution in [2.75, 3.05) is 13.1 Å². The molecule has 0 unspecified atom stereocenters. The van der Waals surface area contributed by atoms with E-state index in [1.54, 1.807) is 0 Å². The van der Waals surface area contributed by atoms with Crippen LogP contribution in [-0.2, 0) is 0 Å². The largest absolute Gasteiger partial charge is 0.313 e. The van der Waals surface area contributed by atoms with Gasteiger partial charge in [-0.05, 0) is 25.7 Å². The molecule has 2 aliphatic heterocycles. The average Bonchev–Trinajstić information content (AvgIpc) is 2.28. The molecule has 2 rings (SSSR count). The van der Waals surface area contributed by atoms with Gasteiger partial charge >= 0.3 is 0 Å². The zero-order chi connectivity index (χ0) is 6.81. The summed E-state index contributed by atoms with van der Waals surface area (Å²) in [7, 11) is 0. The molecule has 0 radical (unpaired) electrons. The minimum Gasteiger partial charge on any atom is -0.313 e. The maximum atomic E-state index is 3.41. The summed E-state index contributed by atoms with van der Waals surface area (Å²) in [4.78, 5) is 0. The highest BCUT2D eigenvalue weighted by Crippen LogP contribution is 2.20. The molecule has 0 spiro atoms. The number of hydrogen-bond donors (Lipinski definition) is 1. The van der Waals surface area contributed by atoms with Gasteiger partial charge in [-0.15, -0.1) is 0 Å². The smallest absolute Gasteiger partial charge is 0.0344 e. The second-order valence-electron chi connectivity index (χ2n) is 3.00. The summed E-state index contributed by atoms with van der Waals surface area (Å²) >= 11 is 0. The normalized spacial score (nSPS) is 25.6. The van der Waals surface area contributed by atoms with Crippen LogP contribution >= 0.6 is 0 Å². The quantitative estimate of drug-likeness (QED) is 0.542. The Hall–Kier alpha value is -0.500. The van der Waals surface area contributed by atoms with E-state index in [-0.39, 0.29) is 0 Å². The van der Waals surface area contributed by atoms with E-state index in [4.69, 9.17) is 0 Å². The molecule has 2 aliphatic rings. The lowest BCUT2D eigenvalue weighted by Gasteiger charge is -2.18. The molecule has 0 bridgehead atoms. The second kappa shape index (κ2) is 2.62. The molecule has 2 heteroatoms. The van der Waals surface area contributed by atoms with Gasteiger partial charge in [-0.2, -0.15) is 0 Å².